The van der Waals surface area contributed by atoms with Crippen molar-refractivity contribution in [3.05, 3.63) is 34.0 Å². The van der Waals surface area contributed by atoms with E-state index in [1.165, 1.54) is 33.8 Å². The maximum absolute atomic E-state index is 13.4. The van der Waals surface area contributed by atoms with E-state index in [0.717, 1.165) is 11.2 Å². The highest BCUT2D eigenvalue weighted by atomic mass is 32.2. The number of aromatic nitrogens is 2. The summed E-state index contributed by atoms with van der Waals surface area (Å²) in [6.07, 6.45) is 0. The summed E-state index contributed by atoms with van der Waals surface area (Å²) in [4.78, 5) is 2.09. The van der Waals surface area contributed by atoms with E-state index in [9.17, 15) is 12.8 Å². The Balaban J connectivity index is 1.62. The van der Waals surface area contributed by atoms with E-state index < -0.39 is 15.8 Å². The van der Waals surface area contributed by atoms with E-state index >= 15 is 0 Å². The van der Waals surface area contributed by atoms with Gasteiger partial charge in [0.25, 0.3) is 0 Å². The maximum atomic E-state index is 13.4. The quantitative estimate of drug-likeness (QED) is 0.714. The van der Waals surface area contributed by atoms with Crippen molar-refractivity contribution in [2.45, 2.75) is 37.9 Å². The van der Waals surface area contributed by atoms with Gasteiger partial charge in [-0.05, 0) is 51.2 Å². The molecule has 0 bridgehead atoms. The van der Waals surface area contributed by atoms with Gasteiger partial charge in [-0.2, -0.15) is 4.31 Å². The van der Waals surface area contributed by atoms with Gasteiger partial charge in [0.05, 0.1) is 11.6 Å². The molecule has 1 aromatic heterocycles. The van der Waals surface area contributed by atoms with Crippen LogP contribution >= 0.6 is 23.6 Å². The molecule has 1 N–H and O–H groups in total. The Bertz CT molecular complexity index is 989. The second-order valence-corrected chi connectivity index (χ2v) is 11.2. The molecule has 1 aliphatic rings. The first-order valence-corrected chi connectivity index (χ1v) is 11.6. The number of halogens is 1. The zero-order chi connectivity index (χ0) is 20.5. The lowest BCUT2D eigenvalue weighted by Crippen LogP contribution is -2.48. The van der Waals surface area contributed by atoms with Crippen LogP contribution in [0.5, 0.6) is 0 Å². The Labute approximate surface area is 173 Å². The van der Waals surface area contributed by atoms with Crippen molar-refractivity contribution in [3.8, 4) is 0 Å². The summed E-state index contributed by atoms with van der Waals surface area (Å²) in [5, 5.41) is 8.60. The van der Waals surface area contributed by atoms with E-state index in [4.69, 9.17) is 12.2 Å². The van der Waals surface area contributed by atoms with Crippen LogP contribution in [0.4, 0.5) is 9.52 Å². The number of hydrogen-bond donors (Lipinski definition) is 1. The number of anilines is 1. The highest BCUT2D eigenvalue weighted by Gasteiger charge is 2.29. The molecule has 0 spiro atoms. The second kappa shape index (κ2) is 8.15. The van der Waals surface area contributed by atoms with Crippen molar-refractivity contribution in [3.63, 3.8) is 0 Å². The second-order valence-electron chi connectivity index (χ2n) is 7.67. The van der Waals surface area contributed by atoms with Crippen molar-refractivity contribution >= 4 is 38.7 Å². The van der Waals surface area contributed by atoms with Gasteiger partial charge >= 0.3 is 0 Å². The summed E-state index contributed by atoms with van der Waals surface area (Å²) in [5.74, 6) is -0.558. The molecule has 3 rings (SSSR count). The minimum atomic E-state index is -3.69. The van der Waals surface area contributed by atoms with E-state index in [2.05, 4.69) is 36.1 Å². The fourth-order valence-corrected chi connectivity index (χ4v) is 5.50. The molecule has 2 aromatic rings. The SMILES string of the molecule is CC(C)(C)Nc1nn(CN2CCN(S(=O)(=O)c3cccc(F)c3)CC2)c(=S)s1. The molecule has 28 heavy (non-hydrogen) atoms. The molecule has 1 aliphatic heterocycles. The highest BCUT2D eigenvalue weighted by Crippen LogP contribution is 2.21. The molecule has 0 atom stereocenters. The van der Waals surface area contributed by atoms with Gasteiger partial charge in [0.1, 0.15) is 5.82 Å². The Hall–Kier alpha value is -1.40. The molecule has 0 aliphatic carbocycles. The maximum Gasteiger partial charge on any atom is 0.243 e. The van der Waals surface area contributed by atoms with Crippen molar-refractivity contribution < 1.29 is 12.8 Å². The largest absolute Gasteiger partial charge is 0.356 e. The number of piperazine rings is 1. The molecule has 0 unspecified atom stereocenters. The van der Waals surface area contributed by atoms with Crippen LogP contribution in [0.3, 0.4) is 0 Å². The van der Waals surface area contributed by atoms with Crippen molar-refractivity contribution in [2.75, 3.05) is 31.5 Å². The fourth-order valence-electron chi connectivity index (χ4n) is 2.84. The number of nitrogens with zero attached hydrogens (tertiary/aromatic N) is 4. The predicted octanol–water partition coefficient (Wildman–Crippen LogP) is 2.99. The number of benzene rings is 1. The molecule has 1 saturated heterocycles. The first-order chi connectivity index (χ1) is 13.0. The number of hydrogen-bond acceptors (Lipinski definition) is 7. The number of nitrogens with one attached hydrogen (secondary N) is 1. The molecular formula is C17H24FN5O2S3. The third-order valence-corrected chi connectivity index (χ3v) is 7.31. The average molecular weight is 446 g/mol. The molecule has 0 radical (unpaired) electrons. The van der Waals surface area contributed by atoms with Crippen LogP contribution in [0.15, 0.2) is 29.2 Å². The summed E-state index contributed by atoms with van der Waals surface area (Å²) in [7, 11) is -3.69. The molecule has 11 heteroatoms. The summed E-state index contributed by atoms with van der Waals surface area (Å²) in [5.41, 5.74) is -0.103. The van der Waals surface area contributed by atoms with E-state index in [0.29, 0.717) is 36.8 Å². The molecule has 154 valence electrons. The lowest BCUT2D eigenvalue weighted by Gasteiger charge is -2.33. The molecule has 1 fully saturated rings. The molecular weight excluding hydrogens is 421 g/mol. The molecule has 2 heterocycles. The lowest BCUT2D eigenvalue weighted by molar-refractivity contribution is 0.145. The van der Waals surface area contributed by atoms with Crippen LogP contribution in [0, 0.1) is 9.77 Å². The molecule has 0 saturated carbocycles. The van der Waals surface area contributed by atoms with Crippen LogP contribution in [0.1, 0.15) is 20.8 Å². The zero-order valence-corrected chi connectivity index (χ0v) is 18.5. The summed E-state index contributed by atoms with van der Waals surface area (Å²) < 4.78 is 42.6. The molecule has 0 amide bonds. The Morgan fingerprint density at radius 3 is 2.54 bits per heavy atom. The van der Waals surface area contributed by atoms with Gasteiger partial charge in [0, 0.05) is 31.7 Å². The van der Waals surface area contributed by atoms with E-state index in [1.54, 1.807) is 4.68 Å². The van der Waals surface area contributed by atoms with Gasteiger partial charge < -0.3 is 5.32 Å². The van der Waals surface area contributed by atoms with Crippen molar-refractivity contribution in [1.29, 1.82) is 0 Å². The van der Waals surface area contributed by atoms with Gasteiger partial charge in [0.2, 0.25) is 15.2 Å². The smallest absolute Gasteiger partial charge is 0.243 e. The highest BCUT2D eigenvalue weighted by molar-refractivity contribution is 7.89. The fraction of sp³-hybridized carbons (Fsp3) is 0.529. The Morgan fingerprint density at radius 1 is 1.25 bits per heavy atom. The molecule has 7 nitrogen and oxygen atoms in total. The number of sulfonamides is 1. The lowest BCUT2D eigenvalue weighted by atomic mass is 10.1. The predicted molar refractivity (Wildman–Crippen MR) is 111 cm³/mol. The monoisotopic (exact) mass is 445 g/mol. The van der Waals surface area contributed by atoms with Crippen LogP contribution in [0.25, 0.3) is 0 Å². The summed E-state index contributed by atoms with van der Waals surface area (Å²) in [6, 6.07) is 5.12. The van der Waals surface area contributed by atoms with E-state index in [-0.39, 0.29) is 10.4 Å². The topological polar surface area (TPSA) is 70.5 Å². The van der Waals surface area contributed by atoms with Crippen LogP contribution in [-0.2, 0) is 16.7 Å². The normalized spacial score (nSPS) is 17.0. The van der Waals surface area contributed by atoms with Crippen molar-refractivity contribution in [1.82, 2.24) is 19.0 Å². The van der Waals surface area contributed by atoms with Gasteiger partial charge in [0.15, 0.2) is 3.95 Å². The number of rotatable bonds is 5. The van der Waals surface area contributed by atoms with Gasteiger partial charge in [-0.1, -0.05) is 17.4 Å². The van der Waals surface area contributed by atoms with Gasteiger partial charge in [-0.15, -0.1) is 5.10 Å². The van der Waals surface area contributed by atoms with Gasteiger partial charge in [-0.25, -0.2) is 17.5 Å². The van der Waals surface area contributed by atoms with Crippen molar-refractivity contribution in [2.24, 2.45) is 0 Å². The van der Waals surface area contributed by atoms with Crippen LogP contribution < -0.4 is 5.32 Å². The average Bonchev–Trinajstić information content (AvgIpc) is 2.92. The summed E-state index contributed by atoms with van der Waals surface area (Å²) in [6.45, 7) is 8.45. The van der Waals surface area contributed by atoms with E-state index in [1.807, 2.05) is 0 Å². The minimum absolute atomic E-state index is 0.0134. The molecule has 1 aromatic carbocycles. The standard InChI is InChI=1S/C17H24FN5O2S3/c1-17(2,3)19-15-20-23(16(26)27-15)12-21-7-9-22(10-8-21)28(24,25)14-6-4-5-13(18)11-14/h4-6,11H,7-10,12H2,1-3H3,(H,19,20). The third-order valence-electron chi connectivity index (χ3n) is 4.19. The minimum Gasteiger partial charge on any atom is -0.356 e. The first-order valence-electron chi connectivity index (χ1n) is 8.89. The summed E-state index contributed by atoms with van der Waals surface area (Å²) >= 11 is 6.82. The van der Waals surface area contributed by atoms with Crippen LogP contribution in [-0.4, -0.2) is 59.1 Å². The Morgan fingerprint density at radius 2 is 1.93 bits per heavy atom. The van der Waals surface area contributed by atoms with Gasteiger partial charge in [-0.3, -0.25) is 4.90 Å². The van der Waals surface area contributed by atoms with Crippen LogP contribution in [0.2, 0.25) is 0 Å². The Kier molecular flexibility index (Phi) is 6.20. The third kappa shape index (κ3) is 5.15. The zero-order valence-electron chi connectivity index (χ0n) is 16.1. The first kappa shape index (κ1) is 21.3.